The van der Waals surface area contributed by atoms with Gasteiger partial charge in [0.15, 0.2) is 0 Å². The lowest BCUT2D eigenvalue weighted by molar-refractivity contribution is 0.275. The Morgan fingerprint density at radius 3 is 3.00 bits per heavy atom. The summed E-state index contributed by atoms with van der Waals surface area (Å²) < 4.78 is 5.76. The van der Waals surface area contributed by atoms with E-state index in [2.05, 4.69) is 18.3 Å². The second kappa shape index (κ2) is 4.47. The van der Waals surface area contributed by atoms with E-state index in [1.807, 2.05) is 18.2 Å². The predicted octanol–water partition coefficient (Wildman–Crippen LogP) is 2.13. The highest BCUT2D eigenvalue weighted by Crippen LogP contribution is 2.17. The van der Waals surface area contributed by atoms with Gasteiger partial charge in [0, 0.05) is 6.04 Å². The molecule has 0 aliphatic carbocycles. The summed E-state index contributed by atoms with van der Waals surface area (Å²) in [5.74, 6) is 1.02. The van der Waals surface area contributed by atoms with Crippen LogP contribution in [0.25, 0.3) is 0 Å². The fourth-order valence-corrected chi connectivity index (χ4v) is 1.81. The standard InChI is InChI=1S/C12H17NO/c1-10-5-2-3-7-12(10)14-9-11-6-4-8-13-11/h2-3,5,7,11,13H,4,6,8-9H2,1H3. The van der Waals surface area contributed by atoms with Gasteiger partial charge in [0.1, 0.15) is 12.4 Å². The monoisotopic (exact) mass is 191 g/mol. The van der Waals surface area contributed by atoms with E-state index in [0.717, 1.165) is 18.9 Å². The summed E-state index contributed by atoms with van der Waals surface area (Å²) in [6.07, 6.45) is 2.52. The minimum atomic E-state index is 0.551. The number of nitrogens with one attached hydrogen (secondary N) is 1. The molecule has 76 valence electrons. The van der Waals surface area contributed by atoms with E-state index in [1.54, 1.807) is 0 Å². The molecule has 1 heterocycles. The molecular formula is C12H17NO. The molecule has 2 nitrogen and oxygen atoms in total. The van der Waals surface area contributed by atoms with Crippen LogP contribution in [0.4, 0.5) is 0 Å². The van der Waals surface area contributed by atoms with Crippen LogP contribution in [0.3, 0.4) is 0 Å². The third kappa shape index (κ3) is 2.26. The van der Waals surface area contributed by atoms with Crippen molar-refractivity contribution < 1.29 is 4.74 Å². The Kier molecular flexibility index (Phi) is 3.04. The highest BCUT2D eigenvalue weighted by molar-refractivity contribution is 5.31. The molecule has 2 heteroatoms. The summed E-state index contributed by atoms with van der Waals surface area (Å²) in [6.45, 7) is 4.02. The molecule has 1 aromatic rings. The Hall–Kier alpha value is -1.02. The number of hydrogen-bond acceptors (Lipinski definition) is 2. The Labute approximate surface area is 85.3 Å². The molecule has 0 spiro atoms. The van der Waals surface area contributed by atoms with Crippen molar-refractivity contribution in [3.05, 3.63) is 29.8 Å². The van der Waals surface area contributed by atoms with Crippen molar-refractivity contribution in [3.8, 4) is 5.75 Å². The fraction of sp³-hybridized carbons (Fsp3) is 0.500. The molecule has 1 fully saturated rings. The van der Waals surface area contributed by atoms with Crippen LogP contribution < -0.4 is 10.1 Å². The van der Waals surface area contributed by atoms with E-state index in [4.69, 9.17) is 4.74 Å². The average molecular weight is 191 g/mol. The second-order valence-corrected chi connectivity index (χ2v) is 3.87. The van der Waals surface area contributed by atoms with Crippen molar-refractivity contribution in [1.29, 1.82) is 0 Å². The molecule has 1 atom stereocenters. The smallest absolute Gasteiger partial charge is 0.122 e. The lowest BCUT2D eigenvalue weighted by Gasteiger charge is -2.13. The molecule has 0 amide bonds. The first kappa shape index (κ1) is 9.53. The zero-order valence-corrected chi connectivity index (χ0v) is 8.62. The van der Waals surface area contributed by atoms with Crippen molar-refractivity contribution in [2.24, 2.45) is 0 Å². The highest BCUT2D eigenvalue weighted by Gasteiger charge is 2.14. The number of benzene rings is 1. The van der Waals surface area contributed by atoms with Gasteiger partial charge in [-0.3, -0.25) is 0 Å². The van der Waals surface area contributed by atoms with Gasteiger partial charge >= 0.3 is 0 Å². The third-order valence-electron chi connectivity index (χ3n) is 2.70. The van der Waals surface area contributed by atoms with Crippen LogP contribution in [0.15, 0.2) is 24.3 Å². The van der Waals surface area contributed by atoms with Crippen LogP contribution in [0, 0.1) is 6.92 Å². The average Bonchev–Trinajstić information content (AvgIpc) is 2.69. The molecule has 0 radical (unpaired) electrons. The van der Waals surface area contributed by atoms with Crippen molar-refractivity contribution >= 4 is 0 Å². The van der Waals surface area contributed by atoms with E-state index in [9.17, 15) is 0 Å². The summed E-state index contributed by atoms with van der Waals surface area (Å²) in [5.41, 5.74) is 1.21. The van der Waals surface area contributed by atoms with Crippen molar-refractivity contribution in [1.82, 2.24) is 5.32 Å². The first-order chi connectivity index (χ1) is 6.86. The molecular weight excluding hydrogens is 174 g/mol. The summed E-state index contributed by atoms with van der Waals surface area (Å²) in [6, 6.07) is 8.72. The van der Waals surface area contributed by atoms with Crippen LogP contribution in [0.1, 0.15) is 18.4 Å². The normalized spacial score (nSPS) is 21.1. The summed E-state index contributed by atoms with van der Waals surface area (Å²) in [4.78, 5) is 0. The van der Waals surface area contributed by atoms with Crippen LogP contribution >= 0.6 is 0 Å². The van der Waals surface area contributed by atoms with Gasteiger partial charge in [0.2, 0.25) is 0 Å². The van der Waals surface area contributed by atoms with Gasteiger partial charge < -0.3 is 10.1 Å². The maximum absolute atomic E-state index is 5.76. The zero-order chi connectivity index (χ0) is 9.80. The number of ether oxygens (including phenoxy) is 1. The molecule has 1 saturated heterocycles. The van der Waals surface area contributed by atoms with E-state index >= 15 is 0 Å². The Balaban J connectivity index is 1.88. The van der Waals surface area contributed by atoms with Crippen LogP contribution in [0.2, 0.25) is 0 Å². The molecule has 1 aliphatic heterocycles. The third-order valence-corrected chi connectivity index (χ3v) is 2.70. The van der Waals surface area contributed by atoms with Crippen LogP contribution in [-0.4, -0.2) is 19.2 Å². The number of aryl methyl sites for hydroxylation is 1. The Morgan fingerprint density at radius 1 is 1.43 bits per heavy atom. The van der Waals surface area contributed by atoms with Gasteiger partial charge in [-0.1, -0.05) is 18.2 Å². The molecule has 1 unspecified atom stereocenters. The van der Waals surface area contributed by atoms with Crippen molar-refractivity contribution in [3.63, 3.8) is 0 Å². The van der Waals surface area contributed by atoms with Gasteiger partial charge in [-0.05, 0) is 37.9 Å². The first-order valence-electron chi connectivity index (χ1n) is 5.28. The maximum Gasteiger partial charge on any atom is 0.122 e. The van der Waals surface area contributed by atoms with Gasteiger partial charge in [-0.15, -0.1) is 0 Å². The number of para-hydroxylation sites is 1. The SMILES string of the molecule is Cc1ccccc1OCC1CCCN1. The topological polar surface area (TPSA) is 21.3 Å². The lowest BCUT2D eigenvalue weighted by atomic mass is 10.2. The Morgan fingerprint density at radius 2 is 2.29 bits per heavy atom. The minimum absolute atomic E-state index is 0.551. The summed E-state index contributed by atoms with van der Waals surface area (Å²) in [7, 11) is 0. The van der Waals surface area contributed by atoms with Crippen LogP contribution in [-0.2, 0) is 0 Å². The first-order valence-corrected chi connectivity index (χ1v) is 5.28. The lowest BCUT2D eigenvalue weighted by Crippen LogP contribution is -2.28. The largest absolute Gasteiger partial charge is 0.492 e. The molecule has 0 saturated carbocycles. The van der Waals surface area contributed by atoms with Gasteiger partial charge in [0.25, 0.3) is 0 Å². The predicted molar refractivity (Wildman–Crippen MR) is 57.7 cm³/mol. The van der Waals surface area contributed by atoms with Gasteiger partial charge in [-0.25, -0.2) is 0 Å². The molecule has 0 bridgehead atoms. The Bertz CT molecular complexity index is 292. The molecule has 14 heavy (non-hydrogen) atoms. The van der Waals surface area contributed by atoms with E-state index in [0.29, 0.717) is 6.04 Å². The van der Waals surface area contributed by atoms with E-state index in [-0.39, 0.29) is 0 Å². The molecule has 0 aromatic heterocycles. The van der Waals surface area contributed by atoms with Crippen molar-refractivity contribution in [2.75, 3.05) is 13.2 Å². The molecule has 1 aliphatic rings. The number of rotatable bonds is 3. The maximum atomic E-state index is 5.76. The summed E-state index contributed by atoms with van der Waals surface area (Å²) >= 11 is 0. The molecule has 1 N–H and O–H groups in total. The fourth-order valence-electron chi connectivity index (χ4n) is 1.81. The second-order valence-electron chi connectivity index (χ2n) is 3.87. The number of hydrogen-bond donors (Lipinski definition) is 1. The van der Waals surface area contributed by atoms with Gasteiger partial charge in [0.05, 0.1) is 0 Å². The quantitative estimate of drug-likeness (QED) is 0.790. The minimum Gasteiger partial charge on any atom is -0.492 e. The van der Waals surface area contributed by atoms with Gasteiger partial charge in [-0.2, -0.15) is 0 Å². The zero-order valence-electron chi connectivity index (χ0n) is 8.62. The highest BCUT2D eigenvalue weighted by atomic mass is 16.5. The van der Waals surface area contributed by atoms with Crippen molar-refractivity contribution in [2.45, 2.75) is 25.8 Å². The van der Waals surface area contributed by atoms with E-state index < -0.39 is 0 Å². The molecule has 2 rings (SSSR count). The molecule has 1 aromatic carbocycles. The van der Waals surface area contributed by atoms with E-state index in [1.165, 1.54) is 18.4 Å². The van der Waals surface area contributed by atoms with Crippen LogP contribution in [0.5, 0.6) is 5.75 Å². The summed E-state index contributed by atoms with van der Waals surface area (Å²) in [5, 5.41) is 3.42.